The fourth-order valence-electron chi connectivity index (χ4n) is 0.457. The van der Waals surface area contributed by atoms with Crippen LogP contribution in [0.3, 0.4) is 0 Å². The highest BCUT2D eigenvalue weighted by molar-refractivity contribution is 14.1. The molecule has 0 saturated heterocycles. The van der Waals surface area contributed by atoms with Gasteiger partial charge in [-0.15, -0.1) is 0 Å². The van der Waals surface area contributed by atoms with E-state index in [2.05, 4.69) is 4.98 Å². The van der Waals surface area contributed by atoms with Crippen LogP contribution >= 0.6 is 22.6 Å². The molecule has 1 rings (SSSR count). The van der Waals surface area contributed by atoms with E-state index in [-0.39, 0.29) is 5.82 Å². The Kier molecular flexibility index (Phi) is 2.02. The normalized spacial score (nSPS) is 9.90. The van der Waals surface area contributed by atoms with Crippen molar-refractivity contribution in [2.75, 3.05) is 5.73 Å². The Hall–Kier alpha value is -0.460. The number of nitrogen functional groups attached to an aromatic ring is 1. The Labute approximate surface area is 69.6 Å². The van der Waals surface area contributed by atoms with E-state index < -0.39 is 11.8 Å². The van der Waals surface area contributed by atoms with Crippen molar-refractivity contribution >= 4 is 28.4 Å². The number of nitrogens with two attached hydrogens (primary N) is 1. The third kappa shape index (κ3) is 1.34. The summed E-state index contributed by atoms with van der Waals surface area (Å²) in [6, 6.07) is 0.998. The molecule has 0 bridgehead atoms. The lowest BCUT2D eigenvalue weighted by atomic mass is 10.4. The van der Waals surface area contributed by atoms with Gasteiger partial charge in [-0.2, -0.15) is 9.37 Å². The Balaban J connectivity index is 3.28. The summed E-state index contributed by atoms with van der Waals surface area (Å²) in [5.41, 5.74) is 5.16. The van der Waals surface area contributed by atoms with E-state index in [1.165, 1.54) is 0 Å². The fourth-order valence-corrected chi connectivity index (χ4v) is 0.851. The lowest BCUT2D eigenvalue weighted by Gasteiger charge is -1.96. The summed E-state index contributed by atoms with van der Waals surface area (Å²) in [6.45, 7) is 0. The SMILES string of the molecule is Nc1nc(F)c(F)cc1I. The van der Waals surface area contributed by atoms with Crippen molar-refractivity contribution in [2.24, 2.45) is 0 Å². The average Bonchev–Trinajstić information content (AvgIpc) is 1.84. The van der Waals surface area contributed by atoms with Crippen molar-refractivity contribution in [3.8, 4) is 0 Å². The van der Waals surface area contributed by atoms with Gasteiger partial charge in [0.2, 0.25) is 0 Å². The molecule has 0 unspecified atom stereocenters. The number of nitrogens with zero attached hydrogens (tertiary/aromatic N) is 1. The zero-order chi connectivity index (χ0) is 7.72. The molecule has 0 fully saturated rings. The van der Waals surface area contributed by atoms with Gasteiger partial charge in [0.25, 0.3) is 5.95 Å². The molecule has 0 atom stereocenters. The van der Waals surface area contributed by atoms with E-state index in [9.17, 15) is 8.78 Å². The molecule has 1 aromatic heterocycles. The van der Waals surface area contributed by atoms with Crippen molar-refractivity contribution in [2.45, 2.75) is 0 Å². The van der Waals surface area contributed by atoms with Gasteiger partial charge in [0.05, 0.1) is 3.57 Å². The quantitative estimate of drug-likeness (QED) is 0.565. The summed E-state index contributed by atoms with van der Waals surface area (Å²) >= 11 is 1.77. The Morgan fingerprint density at radius 3 is 2.60 bits per heavy atom. The van der Waals surface area contributed by atoms with Crippen LogP contribution in [0.25, 0.3) is 0 Å². The van der Waals surface area contributed by atoms with Gasteiger partial charge in [-0.25, -0.2) is 4.39 Å². The molecule has 10 heavy (non-hydrogen) atoms. The van der Waals surface area contributed by atoms with Crippen LogP contribution in [0.5, 0.6) is 0 Å². The van der Waals surface area contributed by atoms with E-state index in [1.807, 2.05) is 0 Å². The van der Waals surface area contributed by atoms with Gasteiger partial charge < -0.3 is 5.73 Å². The molecule has 0 aliphatic rings. The third-order valence-electron chi connectivity index (χ3n) is 0.914. The van der Waals surface area contributed by atoms with Crippen molar-refractivity contribution < 1.29 is 8.78 Å². The standard InChI is InChI=1S/C5H3F2IN2/c6-2-1-3(8)5(9)10-4(2)7/h1H,(H2,9,10). The van der Waals surface area contributed by atoms with Crippen LogP contribution in [-0.4, -0.2) is 4.98 Å². The number of pyridine rings is 1. The van der Waals surface area contributed by atoms with Gasteiger partial charge in [0.1, 0.15) is 5.82 Å². The molecule has 0 spiro atoms. The molecule has 0 amide bonds. The first-order valence-electron chi connectivity index (χ1n) is 2.38. The summed E-state index contributed by atoms with van der Waals surface area (Å²) in [5, 5.41) is 0. The highest BCUT2D eigenvalue weighted by Crippen LogP contribution is 2.14. The van der Waals surface area contributed by atoms with Crippen molar-refractivity contribution in [1.82, 2.24) is 4.98 Å². The molecule has 2 N–H and O–H groups in total. The lowest BCUT2D eigenvalue weighted by molar-refractivity contribution is 0.480. The van der Waals surface area contributed by atoms with Crippen LogP contribution in [0, 0.1) is 15.3 Å². The zero-order valence-corrected chi connectivity index (χ0v) is 6.89. The first-order valence-corrected chi connectivity index (χ1v) is 3.46. The van der Waals surface area contributed by atoms with Gasteiger partial charge in [-0.1, -0.05) is 0 Å². The molecule has 1 heterocycles. The van der Waals surface area contributed by atoms with Crippen molar-refractivity contribution in [1.29, 1.82) is 0 Å². The Bertz CT molecular complexity index is 214. The van der Waals surface area contributed by atoms with E-state index in [1.54, 1.807) is 22.6 Å². The number of hydrogen-bond acceptors (Lipinski definition) is 2. The molecule has 2 nitrogen and oxygen atoms in total. The number of rotatable bonds is 0. The minimum atomic E-state index is -1.15. The Morgan fingerprint density at radius 2 is 2.10 bits per heavy atom. The van der Waals surface area contributed by atoms with E-state index in [0.29, 0.717) is 3.57 Å². The maximum Gasteiger partial charge on any atom is 0.250 e. The summed E-state index contributed by atoms with van der Waals surface area (Å²) in [5.74, 6) is -2.11. The van der Waals surface area contributed by atoms with Gasteiger partial charge in [-0.05, 0) is 28.7 Å². The second-order valence-electron chi connectivity index (χ2n) is 1.63. The number of halogens is 3. The highest BCUT2D eigenvalue weighted by atomic mass is 127. The molecule has 54 valence electrons. The first-order chi connectivity index (χ1) is 4.61. The van der Waals surface area contributed by atoms with Crippen molar-refractivity contribution in [3.05, 3.63) is 21.4 Å². The fraction of sp³-hybridized carbons (Fsp3) is 0. The van der Waals surface area contributed by atoms with E-state index in [4.69, 9.17) is 5.73 Å². The van der Waals surface area contributed by atoms with Crippen LogP contribution in [0.2, 0.25) is 0 Å². The smallest absolute Gasteiger partial charge is 0.250 e. The van der Waals surface area contributed by atoms with Crippen LogP contribution < -0.4 is 5.73 Å². The molecule has 0 radical (unpaired) electrons. The topological polar surface area (TPSA) is 38.9 Å². The molecule has 0 aliphatic carbocycles. The van der Waals surface area contributed by atoms with E-state index >= 15 is 0 Å². The summed E-state index contributed by atoms with van der Waals surface area (Å²) in [4.78, 5) is 3.10. The number of aromatic nitrogens is 1. The molecule has 0 aliphatic heterocycles. The minimum absolute atomic E-state index is 0.0134. The predicted octanol–water partition coefficient (Wildman–Crippen LogP) is 1.55. The minimum Gasteiger partial charge on any atom is -0.383 e. The second-order valence-corrected chi connectivity index (χ2v) is 2.79. The second kappa shape index (κ2) is 2.65. The zero-order valence-electron chi connectivity index (χ0n) is 4.74. The third-order valence-corrected chi connectivity index (χ3v) is 1.78. The van der Waals surface area contributed by atoms with Gasteiger partial charge in [0, 0.05) is 0 Å². The lowest BCUT2D eigenvalue weighted by Crippen LogP contribution is -1.98. The summed E-state index contributed by atoms with van der Waals surface area (Å²) in [7, 11) is 0. The summed E-state index contributed by atoms with van der Waals surface area (Å²) < 4.78 is 24.9. The average molecular weight is 256 g/mol. The maximum atomic E-state index is 12.3. The molecule has 0 aromatic carbocycles. The van der Waals surface area contributed by atoms with E-state index in [0.717, 1.165) is 6.07 Å². The van der Waals surface area contributed by atoms with Crippen LogP contribution in [0.1, 0.15) is 0 Å². The molecule has 0 saturated carbocycles. The van der Waals surface area contributed by atoms with Crippen LogP contribution in [0.15, 0.2) is 6.07 Å². The number of anilines is 1. The first kappa shape index (κ1) is 7.64. The van der Waals surface area contributed by atoms with Crippen molar-refractivity contribution in [3.63, 3.8) is 0 Å². The summed E-state index contributed by atoms with van der Waals surface area (Å²) in [6.07, 6.45) is 0. The molecule has 1 aromatic rings. The molecule has 5 heteroatoms. The number of hydrogen-bond donors (Lipinski definition) is 1. The predicted molar refractivity (Wildman–Crippen MR) is 41.3 cm³/mol. The van der Waals surface area contributed by atoms with Gasteiger partial charge >= 0.3 is 0 Å². The molecular weight excluding hydrogens is 253 g/mol. The monoisotopic (exact) mass is 256 g/mol. The van der Waals surface area contributed by atoms with Gasteiger partial charge in [-0.3, -0.25) is 0 Å². The highest BCUT2D eigenvalue weighted by Gasteiger charge is 2.05. The van der Waals surface area contributed by atoms with Crippen LogP contribution in [-0.2, 0) is 0 Å². The molecular formula is C5H3F2IN2. The Morgan fingerprint density at radius 1 is 1.50 bits per heavy atom. The maximum absolute atomic E-state index is 12.3. The largest absolute Gasteiger partial charge is 0.383 e. The van der Waals surface area contributed by atoms with Crippen LogP contribution in [0.4, 0.5) is 14.6 Å². The van der Waals surface area contributed by atoms with Gasteiger partial charge in [0.15, 0.2) is 5.82 Å².